The van der Waals surface area contributed by atoms with Crippen molar-refractivity contribution in [1.29, 1.82) is 5.26 Å². The number of carbonyl (C=O) groups excluding carboxylic acids is 1. The van der Waals surface area contributed by atoms with Gasteiger partial charge in [-0.15, -0.1) is 12.6 Å². The molecule has 1 aromatic heterocycles. The molecule has 1 aliphatic heterocycles. The summed E-state index contributed by atoms with van der Waals surface area (Å²) in [6.45, 7) is 5.33. The van der Waals surface area contributed by atoms with E-state index in [0.717, 1.165) is 0 Å². The summed E-state index contributed by atoms with van der Waals surface area (Å²) in [4.78, 5) is 12.3. The van der Waals surface area contributed by atoms with E-state index in [0.29, 0.717) is 27.6 Å². The van der Waals surface area contributed by atoms with Crippen LogP contribution in [0.15, 0.2) is 57.3 Å². The zero-order valence-corrected chi connectivity index (χ0v) is 12.3. The lowest BCUT2D eigenvalue weighted by Crippen LogP contribution is -2.28. The molecule has 0 aliphatic carbocycles. The van der Waals surface area contributed by atoms with Crippen LogP contribution in [-0.4, -0.2) is 12.6 Å². The Morgan fingerprint density at radius 2 is 2.48 bits per heavy atom. The molecule has 0 amide bonds. The molecule has 5 nitrogen and oxygen atoms in total. The average Bonchev–Trinajstić information content (AvgIpc) is 2.97. The Hall–Kier alpha value is -2.39. The van der Waals surface area contributed by atoms with Gasteiger partial charge < -0.3 is 14.5 Å². The van der Waals surface area contributed by atoms with E-state index in [1.807, 2.05) is 0 Å². The second-order valence-corrected chi connectivity index (χ2v) is 4.82. The number of rotatable bonds is 4. The highest BCUT2D eigenvalue weighted by Crippen LogP contribution is 2.39. The van der Waals surface area contributed by atoms with Gasteiger partial charge in [0.1, 0.15) is 12.4 Å². The lowest BCUT2D eigenvalue weighted by atomic mass is 9.86. The molecule has 2 heterocycles. The predicted molar refractivity (Wildman–Crippen MR) is 80.1 cm³/mol. The molecule has 1 aliphatic rings. The summed E-state index contributed by atoms with van der Waals surface area (Å²) in [5.41, 5.74) is 1.22. The number of furan rings is 1. The highest BCUT2D eigenvalue weighted by molar-refractivity contribution is 7.84. The molecule has 0 bridgehead atoms. The lowest BCUT2D eigenvalue weighted by Gasteiger charge is -2.26. The summed E-state index contributed by atoms with van der Waals surface area (Å²) in [6, 6.07) is 5.48. The van der Waals surface area contributed by atoms with Crippen LogP contribution in [0.2, 0.25) is 0 Å². The molecule has 1 N–H and O–H groups in total. The van der Waals surface area contributed by atoms with Crippen LogP contribution in [0, 0.1) is 11.3 Å². The average molecular weight is 302 g/mol. The van der Waals surface area contributed by atoms with Gasteiger partial charge in [0, 0.05) is 5.70 Å². The second kappa shape index (κ2) is 6.37. The van der Waals surface area contributed by atoms with Crippen LogP contribution in [-0.2, 0) is 9.53 Å². The predicted octanol–water partition coefficient (Wildman–Crippen LogP) is 2.63. The van der Waals surface area contributed by atoms with E-state index in [9.17, 15) is 10.1 Å². The number of ether oxygens (including phenoxy) is 1. The SMILES string of the molecule is C=CCOC(=O)C1=C(C)NC(S)=C(C#N)[C@H]1c1ccco1. The normalized spacial score (nSPS) is 18.0. The molecule has 0 aromatic carbocycles. The third kappa shape index (κ3) is 2.88. The van der Waals surface area contributed by atoms with Crippen molar-refractivity contribution in [3.8, 4) is 6.07 Å². The smallest absolute Gasteiger partial charge is 0.337 e. The van der Waals surface area contributed by atoms with Gasteiger partial charge in [-0.1, -0.05) is 12.7 Å². The number of esters is 1. The maximum absolute atomic E-state index is 12.3. The molecule has 0 unspecified atom stereocenters. The summed E-state index contributed by atoms with van der Waals surface area (Å²) in [5.74, 6) is -0.657. The molecule has 0 spiro atoms. The molecule has 1 atom stereocenters. The van der Waals surface area contributed by atoms with Crippen molar-refractivity contribution in [3.05, 3.63) is 58.7 Å². The van der Waals surface area contributed by atoms with Gasteiger partial charge >= 0.3 is 5.97 Å². The van der Waals surface area contributed by atoms with Crippen LogP contribution in [0.25, 0.3) is 0 Å². The minimum Gasteiger partial charge on any atom is -0.468 e. The number of dihydropyridines is 1. The van der Waals surface area contributed by atoms with E-state index in [1.54, 1.807) is 19.1 Å². The molecule has 2 rings (SSSR count). The van der Waals surface area contributed by atoms with Crippen LogP contribution in [0.1, 0.15) is 18.6 Å². The van der Waals surface area contributed by atoms with Gasteiger partial charge in [0.2, 0.25) is 0 Å². The number of nitrogens with one attached hydrogen (secondary N) is 1. The highest BCUT2D eigenvalue weighted by Gasteiger charge is 2.36. The second-order valence-electron chi connectivity index (χ2n) is 4.37. The quantitative estimate of drug-likeness (QED) is 0.508. The highest BCUT2D eigenvalue weighted by atomic mass is 32.1. The van der Waals surface area contributed by atoms with Crippen molar-refractivity contribution >= 4 is 18.6 Å². The first-order valence-corrected chi connectivity index (χ1v) is 6.67. The fourth-order valence-corrected chi connectivity index (χ4v) is 2.50. The Labute approximate surface area is 128 Å². The Morgan fingerprint density at radius 3 is 3.05 bits per heavy atom. The zero-order valence-electron chi connectivity index (χ0n) is 11.4. The molecule has 0 saturated carbocycles. The van der Waals surface area contributed by atoms with Gasteiger partial charge in [-0.25, -0.2) is 4.79 Å². The van der Waals surface area contributed by atoms with Crippen molar-refractivity contribution in [2.45, 2.75) is 12.8 Å². The fraction of sp³-hybridized carbons (Fsp3) is 0.200. The van der Waals surface area contributed by atoms with Crippen molar-refractivity contribution in [2.75, 3.05) is 6.61 Å². The van der Waals surface area contributed by atoms with Crippen molar-refractivity contribution in [1.82, 2.24) is 5.32 Å². The van der Waals surface area contributed by atoms with Crippen LogP contribution in [0.5, 0.6) is 0 Å². The largest absolute Gasteiger partial charge is 0.468 e. The summed E-state index contributed by atoms with van der Waals surface area (Å²) in [6.07, 6.45) is 2.98. The van der Waals surface area contributed by atoms with Gasteiger partial charge in [0.15, 0.2) is 0 Å². The number of nitriles is 1. The number of hydrogen-bond donors (Lipinski definition) is 2. The molecule has 21 heavy (non-hydrogen) atoms. The van der Waals surface area contributed by atoms with Crippen LogP contribution in [0.3, 0.4) is 0 Å². The molecule has 0 saturated heterocycles. The van der Waals surface area contributed by atoms with Gasteiger partial charge in [-0.2, -0.15) is 5.26 Å². The summed E-state index contributed by atoms with van der Waals surface area (Å²) in [5, 5.41) is 12.7. The van der Waals surface area contributed by atoms with Gasteiger partial charge in [0.05, 0.1) is 34.4 Å². The number of allylic oxidation sites excluding steroid dienone is 2. The third-order valence-electron chi connectivity index (χ3n) is 3.04. The molecule has 0 fully saturated rings. The maximum Gasteiger partial charge on any atom is 0.337 e. The molecular weight excluding hydrogens is 288 g/mol. The Morgan fingerprint density at radius 1 is 1.71 bits per heavy atom. The standard InChI is InChI=1S/C15H14N2O3S/c1-3-6-20-15(18)12-9(2)17-14(21)10(8-16)13(12)11-5-4-7-19-11/h3-5,7,13,17,21H,1,6H2,2H3/t13-/m0/s1. The zero-order chi connectivity index (χ0) is 15.4. The summed E-state index contributed by atoms with van der Waals surface area (Å²) < 4.78 is 10.5. The first-order valence-electron chi connectivity index (χ1n) is 6.22. The van der Waals surface area contributed by atoms with Gasteiger partial charge in [0.25, 0.3) is 0 Å². The van der Waals surface area contributed by atoms with E-state index >= 15 is 0 Å². The van der Waals surface area contributed by atoms with Gasteiger partial charge in [-0.3, -0.25) is 0 Å². The Balaban J connectivity index is 2.49. The Bertz CT molecular complexity index is 666. The summed E-state index contributed by atoms with van der Waals surface area (Å²) in [7, 11) is 0. The molecular formula is C15H14N2O3S. The van der Waals surface area contributed by atoms with E-state index < -0.39 is 11.9 Å². The number of nitrogens with zero attached hydrogens (tertiary/aromatic N) is 1. The Kier molecular flexibility index (Phi) is 4.55. The van der Waals surface area contributed by atoms with Crippen molar-refractivity contribution in [2.24, 2.45) is 0 Å². The lowest BCUT2D eigenvalue weighted by molar-refractivity contribution is -0.138. The number of hydrogen-bond acceptors (Lipinski definition) is 6. The molecule has 6 heteroatoms. The third-order valence-corrected chi connectivity index (χ3v) is 3.40. The monoisotopic (exact) mass is 302 g/mol. The number of carbonyl (C=O) groups is 1. The first kappa shape index (κ1) is 15.0. The fourth-order valence-electron chi connectivity index (χ4n) is 2.15. The van der Waals surface area contributed by atoms with Crippen molar-refractivity contribution in [3.63, 3.8) is 0 Å². The van der Waals surface area contributed by atoms with E-state index in [2.05, 4.69) is 30.6 Å². The van der Waals surface area contributed by atoms with Crippen LogP contribution >= 0.6 is 12.6 Å². The van der Waals surface area contributed by atoms with Crippen LogP contribution in [0.4, 0.5) is 0 Å². The van der Waals surface area contributed by atoms with E-state index in [-0.39, 0.29) is 6.61 Å². The summed E-state index contributed by atoms with van der Waals surface area (Å²) >= 11 is 4.27. The first-order chi connectivity index (χ1) is 10.1. The topological polar surface area (TPSA) is 75.3 Å². The minimum atomic E-state index is -0.629. The van der Waals surface area contributed by atoms with Gasteiger partial charge in [-0.05, 0) is 19.1 Å². The van der Waals surface area contributed by atoms with Crippen molar-refractivity contribution < 1.29 is 13.9 Å². The number of thiol groups is 1. The minimum absolute atomic E-state index is 0.0970. The van der Waals surface area contributed by atoms with E-state index in [1.165, 1.54) is 12.3 Å². The maximum atomic E-state index is 12.3. The van der Waals surface area contributed by atoms with Crippen LogP contribution < -0.4 is 5.32 Å². The molecule has 1 aromatic rings. The van der Waals surface area contributed by atoms with E-state index in [4.69, 9.17) is 9.15 Å². The molecule has 0 radical (unpaired) electrons. The molecule has 108 valence electrons.